The molecule has 0 saturated carbocycles. The zero-order valence-electron chi connectivity index (χ0n) is 12.0. The Kier molecular flexibility index (Phi) is 5.03. The van der Waals surface area contributed by atoms with Gasteiger partial charge in [-0.3, -0.25) is 4.55 Å². The van der Waals surface area contributed by atoms with Crippen molar-refractivity contribution in [3.8, 4) is 11.5 Å². The van der Waals surface area contributed by atoms with Crippen LogP contribution in [0, 0.1) is 0 Å². The second-order valence-electron chi connectivity index (χ2n) is 4.73. The van der Waals surface area contributed by atoms with Crippen molar-refractivity contribution in [2.45, 2.75) is 9.79 Å². The summed E-state index contributed by atoms with van der Waals surface area (Å²) in [6.07, 6.45) is 0.894. The Hall–Kier alpha value is -1.52. The third-order valence-corrected chi connectivity index (χ3v) is 5.47. The second kappa shape index (κ2) is 6.41. The van der Waals surface area contributed by atoms with Crippen molar-refractivity contribution in [3.63, 3.8) is 0 Å². The number of anilines is 1. The van der Waals surface area contributed by atoms with Crippen LogP contribution in [0.4, 0.5) is 5.69 Å². The minimum atomic E-state index is -4.68. The van der Waals surface area contributed by atoms with Gasteiger partial charge in [0.1, 0.15) is 15.5 Å². The highest BCUT2D eigenvalue weighted by molar-refractivity contribution is 7.90. The molecular weight excluding hydrogens is 401 g/mol. The van der Waals surface area contributed by atoms with Gasteiger partial charge in [0.2, 0.25) is 0 Å². The van der Waals surface area contributed by atoms with E-state index in [2.05, 4.69) is 0 Å². The lowest BCUT2D eigenvalue weighted by Gasteiger charge is -2.15. The van der Waals surface area contributed by atoms with E-state index in [4.69, 9.17) is 33.7 Å². The first-order valence-corrected chi connectivity index (χ1v) is 10.2. The van der Waals surface area contributed by atoms with E-state index in [0.29, 0.717) is 5.02 Å². The normalized spacial score (nSPS) is 12.2. The Balaban J connectivity index is 2.74. The van der Waals surface area contributed by atoms with Crippen LogP contribution < -0.4 is 10.5 Å². The van der Waals surface area contributed by atoms with Crippen molar-refractivity contribution in [1.82, 2.24) is 0 Å². The zero-order valence-corrected chi connectivity index (χ0v) is 15.2. The van der Waals surface area contributed by atoms with E-state index in [9.17, 15) is 21.4 Å². The van der Waals surface area contributed by atoms with Gasteiger partial charge < -0.3 is 10.5 Å². The lowest BCUT2D eigenvalue weighted by atomic mass is 10.3. The lowest BCUT2D eigenvalue weighted by Crippen LogP contribution is -2.09. The number of halogens is 2. The van der Waals surface area contributed by atoms with E-state index in [-0.39, 0.29) is 15.7 Å². The smallest absolute Gasteiger partial charge is 0.296 e. The second-order valence-corrected chi connectivity index (χ2v) is 8.95. The molecule has 0 aliphatic heterocycles. The van der Waals surface area contributed by atoms with Gasteiger partial charge in [-0.25, -0.2) is 8.42 Å². The van der Waals surface area contributed by atoms with Crippen LogP contribution in [-0.2, 0) is 20.0 Å². The molecule has 130 valence electrons. The maximum atomic E-state index is 11.9. The molecule has 0 aromatic heterocycles. The number of hydrogen-bond donors (Lipinski definition) is 2. The Morgan fingerprint density at radius 2 is 1.62 bits per heavy atom. The maximum Gasteiger partial charge on any atom is 0.296 e. The van der Waals surface area contributed by atoms with Crippen LogP contribution in [0.15, 0.2) is 40.1 Å². The molecule has 0 fully saturated rings. The van der Waals surface area contributed by atoms with Gasteiger partial charge in [0.15, 0.2) is 15.6 Å². The molecule has 3 N–H and O–H groups in total. The Morgan fingerprint density at radius 3 is 2.12 bits per heavy atom. The molecule has 0 radical (unpaired) electrons. The molecule has 0 amide bonds. The molecule has 7 nitrogen and oxygen atoms in total. The molecule has 0 saturated heterocycles. The number of rotatable bonds is 4. The average molecular weight is 412 g/mol. The van der Waals surface area contributed by atoms with Crippen molar-refractivity contribution in [2.75, 3.05) is 12.0 Å². The van der Waals surface area contributed by atoms with E-state index in [1.165, 1.54) is 18.2 Å². The third-order valence-electron chi connectivity index (χ3n) is 2.90. The highest BCUT2D eigenvalue weighted by Gasteiger charge is 2.25. The minimum Gasteiger partial charge on any atom is -0.452 e. The molecule has 0 atom stereocenters. The van der Waals surface area contributed by atoms with Gasteiger partial charge in [-0.05, 0) is 30.3 Å². The molecule has 0 bridgehead atoms. The van der Waals surface area contributed by atoms with E-state index < -0.39 is 36.3 Å². The van der Waals surface area contributed by atoms with Crippen LogP contribution in [-0.4, -0.2) is 27.6 Å². The van der Waals surface area contributed by atoms with Gasteiger partial charge in [-0.2, -0.15) is 8.42 Å². The van der Waals surface area contributed by atoms with Gasteiger partial charge in [0.05, 0.1) is 10.7 Å². The number of sulfone groups is 1. The summed E-state index contributed by atoms with van der Waals surface area (Å²) < 4.78 is 61.1. The highest BCUT2D eigenvalue weighted by Crippen LogP contribution is 2.40. The maximum absolute atomic E-state index is 11.9. The molecule has 0 aliphatic carbocycles. The van der Waals surface area contributed by atoms with Gasteiger partial charge in [0.25, 0.3) is 10.1 Å². The van der Waals surface area contributed by atoms with Crippen molar-refractivity contribution in [2.24, 2.45) is 0 Å². The number of hydrogen-bond acceptors (Lipinski definition) is 6. The van der Waals surface area contributed by atoms with E-state index in [0.717, 1.165) is 18.4 Å². The van der Waals surface area contributed by atoms with Crippen LogP contribution in [0.1, 0.15) is 0 Å². The molecule has 0 unspecified atom stereocenters. The summed E-state index contributed by atoms with van der Waals surface area (Å²) in [6.45, 7) is 0. The fourth-order valence-corrected chi connectivity index (χ4v) is 3.71. The van der Waals surface area contributed by atoms with E-state index in [1.54, 1.807) is 0 Å². The lowest BCUT2D eigenvalue weighted by molar-refractivity contribution is 0.464. The Labute approximate surface area is 148 Å². The number of benzene rings is 2. The minimum absolute atomic E-state index is 0.00477. The number of nitrogens with two attached hydrogens (primary N) is 1. The third kappa shape index (κ3) is 3.93. The average Bonchev–Trinajstić information content (AvgIpc) is 2.40. The predicted octanol–water partition coefficient (Wildman–Crippen LogP) is 3.02. The van der Waals surface area contributed by atoms with Crippen LogP contribution >= 0.6 is 23.2 Å². The quantitative estimate of drug-likeness (QED) is 0.584. The Bertz CT molecular complexity index is 1020. The monoisotopic (exact) mass is 411 g/mol. The van der Waals surface area contributed by atoms with Crippen molar-refractivity contribution in [3.05, 3.63) is 40.4 Å². The van der Waals surface area contributed by atoms with E-state index in [1.807, 2.05) is 0 Å². The first kappa shape index (κ1) is 18.8. The Morgan fingerprint density at radius 1 is 1.04 bits per heavy atom. The first-order chi connectivity index (χ1) is 10.9. The molecule has 2 aromatic rings. The predicted molar refractivity (Wildman–Crippen MR) is 90.3 cm³/mol. The van der Waals surface area contributed by atoms with Gasteiger partial charge in [-0.1, -0.05) is 23.2 Å². The topological polar surface area (TPSA) is 124 Å². The molecule has 2 rings (SSSR count). The zero-order chi connectivity index (χ0) is 18.3. The summed E-state index contributed by atoms with van der Waals surface area (Å²) in [4.78, 5) is -1.05. The van der Waals surface area contributed by atoms with Gasteiger partial charge in [-0.15, -0.1) is 0 Å². The van der Waals surface area contributed by atoms with Crippen molar-refractivity contribution < 1.29 is 26.1 Å². The van der Waals surface area contributed by atoms with Crippen molar-refractivity contribution >= 4 is 48.8 Å². The van der Waals surface area contributed by atoms with Crippen LogP contribution in [0.25, 0.3) is 0 Å². The van der Waals surface area contributed by atoms with Crippen LogP contribution in [0.3, 0.4) is 0 Å². The van der Waals surface area contributed by atoms with Crippen LogP contribution in [0.5, 0.6) is 11.5 Å². The molecule has 2 aromatic carbocycles. The molecule has 24 heavy (non-hydrogen) atoms. The standard InChI is InChI=1S/C13H11Cl2NO6S2/c1-23(17,18)11-5-4-10(24(19,20)21)12(16)13(11)22-9-3-2-7(14)6-8(9)15/h2-6H,16H2,1H3,(H,19,20,21). The summed E-state index contributed by atoms with van der Waals surface area (Å²) >= 11 is 11.7. The summed E-state index contributed by atoms with van der Waals surface area (Å²) in [7, 11) is -8.49. The molecule has 0 heterocycles. The van der Waals surface area contributed by atoms with Crippen LogP contribution in [0.2, 0.25) is 10.0 Å². The fourth-order valence-electron chi connectivity index (χ4n) is 1.85. The first-order valence-electron chi connectivity index (χ1n) is 6.14. The SMILES string of the molecule is CS(=O)(=O)c1ccc(S(=O)(=O)O)c(N)c1Oc1ccc(Cl)cc1Cl. The summed E-state index contributed by atoms with van der Waals surface area (Å²) in [5, 5.41) is 0.369. The number of nitrogen functional groups attached to an aromatic ring is 1. The summed E-state index contributed by atoms with van der Waals surface area (Å²) in [5.74, 6) is -0.456. The summed E-state index contributed by atoms with van der Waals surface area (Å²) in [5.41, 5.74) is 5.13. The molecule has 11 heteroatoms. The molecular formula is C13H11Cl2NO6S2. The fraction of sp³-hybridized carbons (Fsp3) is 0.0769. The van der Waals surface area contributed by atoms with Crippen molar-refractivity contribution in [1.29, 1.82) is 0 Å². The molecule has 0 spiro atoms. The van der Waals surface area contributed by atoms with Gasteiger partial charge in [0, 0.05) is 11.3 Å². The highest BCUT2D eigenvalue weighted by atomic mass is 35.5. The van der Waals surface area contributed by atoms with E-state index >= 15 is 0 Å². The molecule has 0 aliphatic rings. The summed E-state index contributed by atoms with van der Waals surface area (Å²) in [6, 6.07) is 5.98. The number of ether oxygens (including phenoxy) is 1. The van der Waals surface area contributed by atoms with Gasteiger partial charge >= 0.3 is 0 Å². The largest absolute Gasteiger partial charge is 0.452 e.